The van der Waals surface area contributed by atoms with Crippen molar-refractivity contribution in [1.82, 2.24) is 4.90 Å². The van der Waals surface area contributed by atoms with Crippen LogP contribution in [0.2, 0.25) is 0 Å². The van der Waals surface area contributed by atoms with Crippen LogP contribution in [0.25, 0.3) is 0 Å². The summed E-state index contributed by atoms with van der Waals surface area (Å²) in [5.41, 5.74) is 2.13. The van der Waals surface area contributed by atoms with Gasteiger partial charge in [-0.3, -0.25) is 0 Å². The normalized spacial score (nSPS) is 20.0. The van der Waals surface area contributed by atoms with Crippen LogP contribution in [0.1, 0.15) is 29.9 Å². The molecule has 130 valence electrons. The zero-order valence-electron chi connectivity index (χ0n) is 14.0. The minimum atomic E-state index is -0.232. The van der Waals surface area contributed by atoms with Crippen molar-refractivity contribution in [2.75, 3.05) is 18.8 Å². The number of halogens is 1. The lowest BCUT2D eigenvalue weighted by Crippen LogP contribution is -2.42. The molecule has 0 N–H and O–H groups in total. The molecule has 25 heavy (non-hydrogen) atoms. The Morgan fingerprint density at radius 3 is 2.88 bits per heavy atom. The second kappa shape index (κ2) is 7.48. The van der Waals surface area contributed by atoms with Crippen molar-refractivity contribution in [1.29, 1.82) is 0 Å². The summed E-state index contributed by atoms with van der Waals surface area (Å²) in [4.78, 5) is 2.43. The summed E-state index contributed by atoms with van der Waals surface area (Å²) in [5.74, 6) is 3.28. The molecule has 0 spiro atoms. The average molecular weight is 356 g/mol. The topological polar surface area (TPSA) is 24.8 Å². The first-order valence-electron chi connectivity index (χ1n) is 8.71. The summed E-state index contributed by atoms with van der Waals surface area (Å²) in [6.45, 7) is 2.61. The molecule has 1 unspecified atom stereocenters. The zero-order chi connectivity index (χ0) is 17.1. The smallest absolute Gasteiger partial charge is 0.123 e. The lowest BCUT2D eigenvalue weighted by Gasteiger charge is -2.37. The standard InChI is InChI=1S/C20H21FN2OS/c21-17-4-1-3-15(13-17)14-24-18-8-6-16(7-9-18)19-5-2-10-23-11-12-25-22-20(19)23/h1,3-4,6-9,13,19H,2,5,10-12,14H2. The van der Waals surface area contributed by atoms with Crippen LogP contribution in [0.4, 0.5) is 4.39 Å². The Bertz CT molecular complexity index is 763. The second-order valence-electron chi connectivity index (χ2n) is 6.45. The Balaban J connectivity index is 1.44. The molecule has 1 atom stereocenters. The number of benzene rings is 2. The molecule has 2 aliphatic rings. The maximum Gasteiger partial charge on any atom is 0.123 e. The van der Waals surface area contributed by atoms with Crippen molar-refractivity contribution < 1.29 is 9.13 Å². The Morgan fingerprint density at radius 2 is 2.04 bits per heavy atom. The quantitative estimate of drug-likeness (QED) is 0.746. The van der Waals surface area contributed by atoms with Gasteiger partial charge >= 0.3 is 0 Å². The highest BCUT2D eigenvalue weighted by Gasteiger charge is 2.29. The number of rotatable bonds is 4. The van der Waals surface area contributed by atoms with E-state index in [9.17, 15) is 4.39 Å². The molecule has 0 aliphatic carbocycles. The summed E-state index contributed by atoms with van der Waals surface area (Å²) in [7, 11) is 0. The van der Waals surface area contributed by atoms with E-state index >= 15 is 0 Å². The van der Waals surface area contributed by atoms with Gasteiger partial charge in [0.2, 0.25) is 0 Å². The van der Waals surface area contributed by atoms with E-state index in [1.165, 1.54) is 30.0 Å². The average Bonchev–Trinajstić information content (AvgIpc) is 2.66. The molecule has 4 rings (SSSR count). The van der Waals surface area contributed by atoms with Crippen LogP contribution in [0.3, 0.4) is 0 Å². The van der Waals surface area contributed by atoms with E-state index in [1.54, 1.807) is 18.0 Å². The highest BCUT2D eigenvalue weighted by molar-refractivity contribution is 7.98. The van der Waals surface area contributed by atoms with Gasteiger partial charge in [-0.1, -0.05) is 24.3 Å². The summed E-state index contributed by atoms with van der Waals surface area (Å²) >= 11 is 1.68. The van der Waals surface area contributed by atoms with E-state index in [0.717, 1.165) is 36.6 Å². The Kier molecular flexibility index (Phi) is 4.92. The molecule has 0 aromatic heterocycles. The number of hydrogen-bond acceptors (Lipinski definition) is 4. The molecule has 2 aliphatic heterocycles. The molecule has 1 fully saturated rings. The van der Waals surface area contributed by atoms with Crippen LogP contribution in [-0.4, -0.2) is 29.6 Å². The minimum absolute atomic E-state index is 0.232. The van der Waals surface area contributed by atoms with E-state index < -0.39 is 0 Å². The number of hydrogen-bond donors (Lipinski definition) is 0. The molecule has 0 radical (unpaired) electrons. The minimum Gasteiger partial charge on any atom is -0.489 e. The van der Waals surface area contributed by atoms with Crippen LogP contribution < -0.4 is 4.74 Å². The molecule has 2 aromatic carbocycles. The van der Waals surface area contributed by atoms with Gasteiger partial charge in [0.05, 0.1) is 0 Å². The SMILES string of the molecule is Fc1cccc(COc2ccc(C3CCCN4CCSN=C34)cc2)c1. The molecule has 0 saturated carbocycles. The van der Waals surface area contributed by atoms with E-state index in [-0.39, 0.29) is 5.82 Å². The fourth-order valence-corrected chi connectivity index (χ4v) is 4.23. The summed E-state index contributed by atoms with van der Waals surface area (Å²) in [6.07, 6.45) is 2.37. The lowest BCUT2D eigenvalue weighted by atomic mass is 9.89. The molecular formula is C20H21FN2OS. The predicted molar refractivity (Wildman–Crippen MR) is 101 cm³/mol. The summed E-state index contributed by atoms with van der Waals surface area (Å²) < 4.78 is 23.7. The van der Waals surface area contributed by atoms with Crippen molar-refractivity contribution >= 4 is 17.8 Å². The molecule has 2 aromatic rings. The van der Waals surface area contributed by atoms with Crippen LogP contribution in [-0.2, 0) is 6.61 Å². The van der Waals surface area contributed by atoms with Crippen LogP contribution >= 0.6 is 11.9 Å². The van der Waals surface area contributed by atoms with Gasteiger partial charge in [0.15, 0.2) is 0 Å². The Labute approximate surface area is 152 Å². The highest BCUT2D eigenvalue weighted by Crippen LogP contribution is 2.33. The van der Waals surface area contributed by atoms with Gasteiger partial charge in [-0.2, -0.15) is 0 Å². The van der Waals surface area contributed by atoms with Gasteiger partial charge in [0.25, 0.3) is 0 Å². The van der Waals surface area contributed by atoms with Gasteiger partial charge < -0.3 is 9.64 Å². The van der Waals surface area contributed by atoms with Gasteiger partial charge in [0.1, 0.15) is 24.0 Å². The first-order valence-corrected chi connectivity index (χ1v) is 9.66. The third-order valence-electron chi connectivity index (χ3n) is 4.74. The summed E-state index contributed by atoms with van der Waals surface area (Å²) in [5, 5.41) is 0. The Morgan fingerprint density at radius 1 is 1.16 bits per heavy atom. The number of nitrogens with zero attached hydrogens (tertiary/aromatic N) is 2. The maximum absolute atomic E-state index is 13.2. The zero-order valence-corrected chi connectivity index (χ0v) is 14.8. The van der Waals surface area contributed by atoms with Gasteiger partial charge in [-0.15, -0.1) is 0 Å². The van der Waals surface area contributed by atoms with Crippen LogP contribution in [0.15, 0.2) is 52.9 Å². The molecule has 1 saturated heterocycles. The molecule has 0 bridgehead atoms. The van der Waals surface area contributed by atoms with Crippen molar-refractivity contribution in [2.24, 2.45) is 4.40 Å². The van der Waals surface area contributed by atoms with Crippen molar-refractivity contribution in [3.8, 4) is 5.75 Å². The van der Waals surface area contributed by atoms with Crippen molar-refractivity contribution in [3.05, 3.63) is 65.5 Å². The molecule has 2 heterocycles. The van der Waals surface area contributed by atoms with Crippen LogP contribution in [0.5, 0.6) is 5.75 Å². The van der Waals surface area contributed by atoms with Crippen LogP contribution in [0, 0.1) is 5.82 Å². The summed E-state index contributed by atoms with van der Waals surface area (Å²) in [6, 6.07) is 14.8. The number of piperidine rings is 1. The monoisotopic (exact) mass is 356 g/mol. The first-order chi connectivity index (χ1) is 12.3. The van der Waals surface area contributed by atoms with E-state index in [0.29, 0.717) is 12.5 Å². The third kappa shape index (κ3) is 3.82. The molecule has 3 nitrogen and oxygen atoms in total. The fraction of sp³-hybridized carbons (Fsp3) is 0.350. The molecular weight excluding hydrogens is 335 g/mol. The highest BCUT2D eigenvalue weighted by atomic mass is 32.2. The fourth-order valence-electron chi connectivity index (χ4n) is 3.47. The Hall–Kier alpha value is -2.01. The third-order valence-corrected chi connectivity index (χ3v) is 5.43. The molecule has 5 heteroatoms. The molecule has 0 amide bonds. The van der Waals surface area contributed by atoms with Gasteiger partial charge in [0, 0.05) is 24.8 Å². The number of amidine groups is 1. The maximum atomic E-state index is 13.2. The van der Waals surface area contributed by atoms with Crippen molar-refractivity contribution in [3.63, 3.8) is 0 Å². The lowest BCUT2D eigenvalue weighted by molar-refractivity contribution is 0.305. The second-order valence-corrected chi connectivity index (χ2v) is 7.30. The van der Waals surface area contributed by atoms with Gasteiger partial charge in [-0.25, -0.2) is 8.79 Å². The predicted octanol–water partition coefficient (Wildman–Crippen LogP) is 4.64. The van der Waals surface area contributed by atoms with E-state index in [2.05, 4.69) is 17.0 Å². The van der Waals surface area contributed by atoms with E-state index in [4.69, 9.17) is 9.13 Å². The van der Waals surface area contributed by atoms with Crippen molar-refractivity contribution in [2.45, 2.75) is 25.4 Å². The van der Waals surface area contributed by atoms with E-state index in [1.807, 2.05) is 18.2 Å². The largest absolute Gasteiger partial charge is 0.489 e. The number of ether oxygens (including phenoxy) is 1. The first kappa shape index (κ1) is 16.5. The number of fused-ring (bicyclic) bond motifs is 1. The van der Waals surface area contributed by atoms with Gasteiger partial charge in [-0.05, 0) is 60.2 Å².